The largest absolute Gasteiger partial charge is 0.501 e. The summed E-state index contributed by atoms with van der Waals surface area (Å²) in [5.74, 6) is 0. The summed E-state index contributed by atoms with van der Waals surface area (Å²) in [7, 11) is 1.90. The van der Waals surface area contributed by atoms with Gasteiger partial charge in [-0.25, -0.2) is 0 Å². The standard InChI is InChI=1S/C15H22ClNO/c1-15(2,16)14(11-17-3)12-18-10-9-13-7-5-4-6-8-13/h4-8,12,17H,9-11H2,1-3H3/b14-12+. The van der Waals surface area contributed by atoms with Gasteiger partial charge in [0.15, 0.2) is 0 Å². The second kappa shape index (κ2) is 7.45. The van der Waals surface area contributed by atoms with E-state index in [1.807, 2.05) is 39.1 Å². The van der Waals surface area contributed by atoms with Crippen molar-refractivity contribution in [3.05, 3.63) is 47.7 Å². The Hall–Kier alpha value is -0.990. The molecule has 0 aliphatic rings. The highest BCUT2D eigenvalue weighted by Crippen LogP contribution is 2.23. The molecule has 0 saturated carbocycles. The van der Waals surface area contributed by atoms with Gasteiger partial charge < -0.3 is 10.1 Å². The van der Waals surface area contributed by atoms with Crippen molar-refractivity contribution in [1.29, 1.82) is 0 Å². The summed E-state index contributed by atoms with van der Waals surface area (Å²) in [5, 5.41) is 3.10. The van der Waals surface area contributed by atoms with E-state index < -0.39 is 0 Å². The molecular weight excluding hydrogens is 246 g/mol. The molecule has 1 rings (SSSR count). The maximum atomic E-state index is 6.29. The van der Waals surface area contributed by atoms with Gasteiger partial charge in [0, 0.05) is 13.0 Å². The first-order valence-corrected chi connectivity index (χ1v) is 6.60. The highest BCUT2D eigenvalue weighted by atomic mass is 35.5. The SMILES string of the molecule is CNC/C(=C\OCCc1ccccc1)C(C)(C)Cl. The topological polar surface area (TPSA) is 21.3 Å². The zero-order valence-electron chi connectivity index (χ0n) is 11.4. The lowest BCUT2D eigenvalue weighted by molar-refractivity contribution is 0.248. The van der Waals surface area contributed by atoms with Gasteiger partial charge in [-0.1, -0.05) is 30.3 Å². The zero-order valence-corrected chi connectivity index (χ0v) is 12.1. The van der Waals surface area contributed by atoms with Crippen LogP contribution in [0.4, 0.5) is 0 Å². The second-order valence-electron chi connectivity index (χ2n) is 4.75. The Morgan fingerprint density at radius 1 is 1.33 bits per heavy atom. The van der Waals surface area contributed by atoms with Crippen LogP contribution in [-0.4, -0.2) is 25.1 Å². The molecule has 1 N–H and O–H groups in total. The highest BCUT2D eigenvalue weighted by molar-refractivity contribution is 6.25. The molecule has 0 heterocycles. The first-order valence-electron chi connectivity index (χ1n) is 6.22. The fraction of sp³-hybridized carbons (Fsp3) is 0.467. The molecule has 0 fully saturated rings. The first-order chi connectivity index (χ1) is 8.54. The van der Waals surface area contributed by atoms with Gasteiger partial charge in [0.05, 0.1) is 17.7 Å². The first kappa shape index (κ1) is 15.1. The van der Waals surface area contributed by atoms with E-state index in [1.165, 1.54) is 5.56 Å². The summed E-state index contributed by atoms with van der Waals surface area (Å²) in [6.45, 7) is 5.35. The molecule has 0 aliphatic heterocycles. The lowest BCUT2D eigenvalue weighted by Crippen LogP contribution is -2.24. The third-order valence-corrected chi connectivity index (χ3v) is 2.95. The Kier molecular flexibility index (Phi) is 6.23. The van der Waals surface area contributed by atoms with Crippen LogP contribution in [0, 0.1) is 0 Å². The molecule has 3 heteroatoms. The molecule has 0 saturated heterocycles. The molecule has 0 bridgehead atoms. The molecule has 18 heavy (non-hydrogen) atoms. The smallest absolute Gasteiger partial charge is 0.0913 e. The molecular formula is C15H22ClNO. The van der Waals surface area contributed by atoms with Crippen molar-refractivity contribution in [3.8, 4) is 0 Å². The molecule has 0 unspecified atom stereocenters. The van der Waals surface area contributed by atoms with Crippen LogP contribution in [0.2, 0.25) is 0 Å². The van der Waals surface area contributed by atoms with Crippen LogP contribution < -0.4 is 5.32 Å². The van der Waals surface area contributed by atoms with Crippen molar-refractivity contribution in [2.45, 2.75) is 25.1 Å². The van der Waals surface area contributed by atoms with Crippen LogP contribution >= 0.6 is 11.6 Å². The Balaban J connectivity index is 2.42. The molecule has 0 atom stereocenters. The molecule has 0 aliphatic carbocycles. The Morgan fingerprint density at radius 2 is 2.00 bits per heavy atom. The minimum absolute atomic E-state index is 0.379. The predicted octanol–water partition coefficient (Wildman–Crippen LogP) is 3.37. The summed E-state index contributed by atoms with van der Waals surface area (Å²) in [4.78, 5) is -0.379. The van der Waals surface area contributed by atoms with Gasteiger partial charge in [-0.05, 0) is 32.0 Å². The van der Waals surface area contributed by atoms with Gasteiger partial charge in [-0.2, -0.15) is 0 Å². The van der Waals surface area contributed by atoms with Crippen molar-refractivity contribution in [2.75, 3.05) is 20.2 Å². The number of alkyl halides is 1. The Labute approximate surface area is 115 Å². The number of nitrogens with one attached hydrogen (secondary N) is 1. The highest BCUT2D eigenvalue weighted by Gasteiger charge is 2.19. The van der Waals surface area contributed by atoms with Gasteiger partial charge in [-0.15, -0.1) is 11.6 Å². The maximum absolute atomic E-state index is 6.29. The van der Waals surface area contributed by atoms with Gasteiger partial charge in [0.1, 0.15) is 0 Å². The number of halogens is 1. The second-order valence-corrected chi connectivity index (χ2v) is 5.70. The minimum Gasteiger partial charge on any atom is -0.501 e. The third kappa shape index (κ3) is 5.56. The quantitative estimate of drug-likeness (QED) is 0.465. The molecule has 1 aromatic rings. The minimum atomic E-state index is -0.379. The van der Waals surface area contributed by atoms with Crippen LogP contribution in [0.1, 0.15) is 19.4 Å². The van der Waals surface area contributed by atoms with Gasteiger partial charge in [-0.3, -0.25) is 0 Å². The zero-order chi connectivity index (χ0) is 13.4. The number of benzene rings is 1. The number of ether oxygens (including phenoxy) is 1. The van der Waals surface area contributed by atoms with Crippen molar-refractivity contribution in [1.82, 2.24) is 5.32 Å². The average Bonchev–Trinajstić information content (AvgIpc) is 2.33. The predicted molar refractivity (Wildman–Crippen MR) is 78.0 cm³/mol. The molecule has 0 amide bonds. The monoisotopic (exact) mass is 267 g/mol. The van der Waals surface area contributed by atoms with Crippen LogP contribution in [0.5, 0.6) is 0 Å². The van der Waals surface area contributed by atoms with E-state index in [1.54, 1.807) is 6.26 Å². The summed E-state index contributed by atoms with van der Waals surface area (Å²) in [6, 6.07) is 10.3. The maximum Gasteiger partial charge on any atom is 0.0913 e. The number of rotatable bonds is 7. The summed E-state index contributed by atoms with van der Waals surface area (Å²) >= 11 is 6.29. The fourth-order valence-electron chi connectivity index (χ4n) is 1.56. The van der Waals surface area contributed by atoms with E-state index in [9.17, 15) is 0 Å². The lowest BCUT2D eigenvalue weighted by atomic mass is 10.0. The normalized spacial score (nSPS) is 12.6. The number of likely N-dealkylation sites (N-methyl/N-ethyl adjacent to an activating group) is 1. The van der Waals surface area contributed by atoms with E-state index in [0.29, 0.717) is 6.61 Å². The number of hydrogen-bond donors (Lipinski definition) is 1. The Morgan fingerprint density at radius 3 is 2.56 bits per heavy atom. The van der Waals surface area contributed by atoms with E-state index >= 15 is 0 Å². The van der Waals surface area contributed by atoms with Crippen LogP contribution in [0.3, 0.4) is 0 Å². The molecule has 0 aromatic heterocycles. The molecule has 2 nitrogen and oxygen atoms in total. The van der Waals surface area contributed by atoms with E-state index in [2.05, 4.69) is 17.4 Å². The Bertz CT molecular complexity index is 368. The summed E-state index contributed by atoms with van der Waals surface area (Å²) < 4.78 is 5.59. The molecule has 1 aromatic carbocycles. The van der Waals surface area contributed by atoms with E-state index in [-0.39, 0.29) is 4.87 Å². The van der Waals surface area contributed by atoms with Gasteiger partial charge >= 0.3 is 0 Å². The third-order valence-electron chi connectivity index (χ3n) is 2.71. The van der Waals surface area contributed by atoms with E-state index in [0.717, 1.165) is 18.5 Å². The van der Waals surface area contributed by atoms with Crippen LogP contribution in [-0.2, 0) is 11.2 Å². The number of hydrogen-bond acceptors (Lipinski definition) is 2. The van der Waals surface area contributed by atoms with Crippen molar-refractivity contribution in [3.63, 3.8) is 0 Å². The molecule has 0 radical (unpaired) electrons. The van der Waals surface area contributed by atoms with Crippen molar-refractivity contribution >= 4 is 11.6 Å². The van der Waals surface area contributed by atoms with Crippen molar-refractivity contribution in [2.24, 2.45) is 0 Å². The van der Waals surface area contributed by atoms with E-state index in [4.69, 9.17) is 16.3 Å². The fourth-order valence-corrected chi connectivity index (χ4v) is 1.67. The summed E-state index contributed by atoms with van der Waals surface area (Å²) in [6.07, 6.45) is 2.69. The summed E-state index contributed by atoms with van der Waals surface area (Å²) in [5.41, 5.74) is 2.34. The van der Waals surface area contributed by atoms with Gasteiger partial charge in [0.2, 0.25) is 0 Å². The molecule has 0 spiro atoms. The van der Waals surface area contributed by atoms with Gasteiger partial charge in [0.25, 0.3) is 0 Å². The average molecular weight is 268 g/mol. The van der Waals surface area contributed by atoms with Crippen molar-refractivity contribution < 1.29 is 4.74 Å². The van der Waals surface area contributed by atoms with Crippen LogP contribution in [0.25, 0.3) is 0 Å². The van der Waals surface area contributed by atoms with Crippen LogP contribution in [0.15, 0.2) is 42.2 Å². The molecule has 100 valence electrons. The lowest BCUT2D eigenvalue weighted by Gasteiger charge is -2.20.